The average Bonchev–Trinajstić information content (AvgIpc) is 2.41. The van der Waals surface area contributed by atoms with E-state index in [9.17, 15) is 18.0 Å². The van der Waals surface area contributed by atoms with E-state index in [0.717, 1.165) is 19.1 Å². The normalized spacial score (nSPS) is 21.0. The smallest absolute Gasteiger partial charge is 0.303 e. The van der Waals surface area contributed by atoms with Crippen molar-refractivity contribution in [2.45, 2.75) is 31.7 Å². The van der Waals surface area contributed by atoms with Crippen molar-refractivity contribution < 1.29 is 23.1 Å². The Morgan fingerprint density at radius 3 is 2.71 bits per heavy atom. The minimum atomic E-state index is -3.24. The van der Waals surface area contributed by atoms with Crippen molar-refractivity contribution in [2.24, 2.45) is 11.7 Å². The van der Waals surface area contributed by atoms with E-state index in [1.165, 1.54) is 0 Å². The fourth-order valence-electron chi connectivity index (χ4n) is 2.34. The summed E-state index contributed by atoms with van der Waals surface area (Å²) in [5, 5.41) is 8.60. The number of hydrogen-bond donors (Lipinski definition) is 3. The topological polar surface area (TPSA) is 130 Å². The van der Waals surface area contributed by atoms with Crippen LogP contribution in [0.5, 0.6) is 0 Å². The van der Waals surface area contributed by atoms with Gasteiger partial charge < -0.3 is 15.7 Å². The monoisotopic (exact) mass is 321 g/mol. The van der Waals surface area contributed by atoms with Crippen molar-refractivity contribution in [3.8, 4) is 0 Å². The van der Waals surface area contributed by atoms with Crippen molar-refractivity contribution in [3.05, 3.63) is 0 Å². The lowest BCUT2D eigenvalue weighted by molar-refractivity contribution is -0.138. The number of carboxylic acid groups (broad SMARTS) is 1. The maximum absolute atomic E-state index is 12.1. The van der Waals surface area contributed by atoms with Gasteiger partial charge in [-0.1, -0.05) is 0 Å². The number of rotatable bonds is 7. The highest BCUT2D eigenvalue weighted by Crippen LogP contribution is 2.17. The maximum Gasteiger partial charge on any atom is 0.303 e. The zero-order valence-corrected chi connectivity index (χ0v) is 12.9. The fraction of sp³-hybridized carbons (Fsp3) is 0.833. The molecule has 0 aromatic carbocycles. The van der Waals surface area contributed by atoms with Crippen LogP contribution in [0.15, 0.2) is 0 Å². The van der Waals surface area contributed by atoms with Crippen LogP contribution in [0.3, 0.4) is 0 Å². The molecule has 0 aromatic heterocycles. The van der Waals surface area contributed by atoms with Gasteiger partial charge in [0, 0.05) is 26.1 Å². The first-order valence-electron chi connectivity index (χ1n) is 6.90. The molecule has 122 valence electrons. The molecule has 0 radical (unpaired) electrons. The number of carbonyl (C=O) groups excluding carboxylic acids is 1. The Morgan fingerprint density at radius 2 is 2.14 bits per heavy atom. The predicted octanol–water partition coefficient (Wildman–Crippen LogP) is -1.03. The van der Waals surface area contributed by atoms with Crippen molar-refractivity contribution in [3.63, 3.8) is 0 Å². The number of nitrogens with two attached hydrogens (primary N) is 1. The Labute approximate surface area is 124 Å². The fourth-order valence-corrected chi connectivity index (χ4v) is 2.88. The van der Waals surface area contributed by atoms with Gasteiger partial charge in [0.05, 0.1) is 12.3 Å². The van der Waals surface area contributed by atoms with Crippen molar-refractivity contribution in [1.82, 2.24) is 9.62 Å². The van der Waals surface area contributed by atoms with E-state index >= 15 is 0 Å². The number of sulfonamides is 1. The highest BCUT2D eigenvalue weighted by atomic mass is 32.2. The number of piperidine rings is 1. The standard InChI is InChI=1S/C12H23N3O5S/c1-21(19,20)14-7-9-3-2-6-15(8-9)12(18)10(13)4-5-11(16)17/h9-10,14H,2-8,13H2,1H3,(H,16,17). The Morgan fingerprint density at radius 1 is 1.48 bits per heavy atom. The molecule has 1 aliphatic heterocycles. The third-order valence-corrected chi connectivity index (χ3v) is 4.14. The Hall–Kier alpha value is -1.19. The summed E-state index contributed by atoms with van der Waals surface area (Å²) in [6.07, 6.45) is 2.70. The zero-order chi connectivity index (χ0) is 16.0. The summed E-state index contributed by atoms with van der Waals surface area (Å²) in [6.45, 7) is 1.32. The van der Waals surface area contributed by atoms with Crippen LogP contribution in [-0.4, -0.2) is 62.2 Å². The molecule has 0 aliphatic carbocycles. The van der Waals surface area contributed by atoms with E-state index in [1.54, 1.807) is 4.90 Å². The van der Waals surface area contributed by atoms with Crippen molar-refractivity contribution in [2.75, 3.05) is 25.9 Å². The van der Waals surface area contributed by atoms with Gasteiger partial charge in [-0.05, 0) is 25.2 Å². The molecule has 8 nitrogen and oxygen atoms in total. The van der Waals surface area contributed by atoms with Crippen LogP contribution in [0, 0.1) is 5.92 Å². The maximum atomic E-state index is 12.1. The number of amides is 1. The van der Waals surface area contributed by atoms with Gasteiger partial charge in [0.1, 0.15) is 0 Å². The number of likely N-dealkylation sites (tertiary alicyclic amines) is 1. The first-order chi connectivity index (χ1) is 9.69. The van der Waals surface area contributed by atoms with E-state index in [0.29, 0.717) is 19.6 Å². The summed E-state index contributed by atoms with van der Waals surface area (Å²) >= 11 is 0. The summed E-state index contributed by atoms with van der Waals surface area (Å²) < 4.78 is 24.6. The van der Waals surface area contributed by atoms with Crippen LogP contribution in [0.1, 0.15) is 25.7 Å². The number of carbonyl (C=O) groups is 2. The van der Waals surface area contributed by atoms with Crippen LogP contribution < -0.4 is 10.5 Å². The number of nitrogens with one attached hydrogen (secondary N) is 1. The molecule has 0 saturated carbocycles. The average molecular weight is 321 g/mol. The molecule has 4 N–H and O–H groups in total. The SMILES string of the molecule is CS(=O)(=O)NCC1CCCN(C(=O)C(N)CCC(=O)O)C1. The van der Waals surface area contributed by atoms with Crippen LogP contribution >= 0.6 is 0 Å². The number of carboxylic acids is 1. The van der Waals surface area contributed by atoms with Gasteiger partial charge in [0.2, 0.25) is 15.9 Å². The van der Waals surface area contributed by atoms with Gasteiger partial charge in [0.15, 0.2) is 0 Å². The van der Waals surface area contributed by atoms with Crippen LogP contribution in [-0.2, 0) is 19.6 Å². The van der Waals surface area contributed by atoms with Gasteiger partial charge >= 0.3 is 5.97 Å². The van der Waals surface area contributed by atoms with E-state index in [2.05, 4.69) is 4.72 Å². The molecular formula is C12H23N3O5S. The quantitative estimate of drug-likeness (QED) is 0.549. The molecule has 9 heteroatoms. The zero-order valence-electron chi connectivity index (χ0n) is 12.1. The molecule has 0 spiro atoms. The minimum Gasteiger partial charge on any atom is -0.481 e. The largest absolute Gasteiger partial charge is 0.481 e. The Kier molecular flexibility index (Phi) is 6.56. The second kappa shape index (κ2) is 7.71. The molecule has 1 rings (SSSR count). The number of hydrogen-bond acceptors (Lipinski definition) is 5. The minimum absolute atomic E-state index is 0.0594. The summed E-state index contributed by atoms with van der Waals surface area (Å²) in [4.78, 5) is 24.2. The van der Waals surface area contributed by atoms with Gasteiger partial charge in [-0.25, -0.2) is 13.1 Å². The van der Waals surface area contributed by atoms with Gasteiger partial charge in [-0.15, -0.1) is 0 Å². The third kappa shape index (κ3) is 6.87. The first-order valence-corrected chi connectivity index (χ1v) is 8.79. The summed E-state index contributed by atoms with van der Waals surface area (Å²) in [5.74, 6) is -1.18. The highest BCUT2D eigenvalue weighted by Gasteiger charge is 2.27. The molecule has 1 aliphatic rings. The molecule has 21 heavy (non-hydrogen) atoms. The lowest BCUT2D eigenvalue weighted by Gasteiger charge is -2.34. The van der Waals surface area contributed by atoms with Crippen LogP contribution in [0.25, 0.3) is 0 Å². The summed E-state index contributed by atoms with van der Waals surface area (Å²) in [5.41, 5.74) is 5.72. The van der Waals surface area contributed by atoms with E-state index in [-0.39, 0.29) is 24.7 Å². The Balaban J connectivity index is 2.47. The lowest BCUT2D eigenvalue weighted by atomic mass is 9.97. The van der Waals surface area contributed by atoms with Gasteiger partial charge in [-0.3, -0.25) is 9.59 Å². The molecular weight excluding hydrogens is 298 g/mol. The predicted molar refractivity (Wildman–Crippen MR) is 77.0 cm³/mol. The summed E-state index contributed by atoms with van der Waals surface area (Å²) in [6, 6.07) is -0.817. The number of nitrogens with zero attached hydrogens (tertiary/aromatic N) is 1. The van der Waals surface area contributed by atoms with E-state index < -0.39 is 22.0 Å². The summed E-state index contributed by atoms with van der Waals surface area (Å²) in [7, 11) is -3.24. The molecule has 1 saturated heterocycles. The van der Waals surface area contributed by atoms with Gasteiger partial charge in [-0.2, -0.15) is 0 Å². The van der Waals surface area contributed by atoms with E-state index in [1.807, 2.05) is 0 Å². The molecule has 1 amide bonds. The Bertz CT molecular complexity index is 479. The van der Waals surface area contributed by atoms with Crippen LogP contribution in [0.4, 0.5) is 0 Å². The third-order valence-electron chi connectivity index (χ3n) is 3.45. The van der Waals surface area contributed by atoms with Crippen LogP contribution in [0.2, 0.25) is 0 Å². The number of aliphatic carboxylic acids is 1. The van der Waals surface area contributed by atoms with Crippen molar-refractivity contribution >= 4 is 21.9 Å². The second-order valence-electron chi connectivity index (χ2n) is 5.45. The second-order valence-corrected chi connectivity index (χ2v) is 7.29. The molecule has 1 fully saturated rings. The van der Waals surface area contributed by atoms with E-state index in [4.69, 9.17) is 10.8 Å². The molecule has 2 atom stereocenters. The lowest BCUT2D eigenvalue weighted by Crippen LogP contribution is -2.49. The van der Waals surface area contributed by atoms with Gasteiger partial charge in [0.25, 0.3) is 0 Å². The first kappa shape index (κ1) is 17.9. The molecule has 0 bridgehead atoms. The highest BCUT2D eigenvalue weighted by molar-refractivity contribution is 7.88. The molecule has 2 unspecified atom stereocenters. The molecule has 1 heterocycles. The molecule has 0 aromatic rings. The van der Waals surface area contributed by atoms with Crippen molar-refractivity contribution in [1.29, 1.82) is 0 Å².